The highest BCUT2D eigenvalue weighted by molar-refractivity contribution is 5.37. The summed E-state index contributed by atoms with van der Waals surface area (Å²) in [6.07, 6.45) is 4.29. The van der Waals surface area contributed by atoms with Gasteiger partial charge in [-0.3, -0.25) is 0 Å². The molecule has 0 bridgehead atoms. The molecule has 1 rings (SSSR count). The van der Waals surface area contributed by atoms with Gasteiger partial charge in [0.25, 0.3) is 0 Å². The second-order valence-corrected chi connectivity index (χ2v) is 2.63. The number of nitriles is 2. The number of nitrogens with zero attached hydrogens (tertiary/aromatic N) is 2. The van der Waals surface area contributed by atoms with E-state index in [0.717, 1.165) is 5.57 Å². The van der Waals surface area contributed by atoms with Crippen molar-refractivity contribution in [2.75, 3.05) is 0 Å². The van der Waals surface area contributed by atoms with Gasteiger partial charge < -0.3 is 0 Å². The predicted octanol–water partition coefficient (Wildman–Crippen LogP) is 1.93. The molecular formula is C9H8N2. The van der Waals surface area contributed by atoms with Crippen LogP contribution in [-0.4, -0.2) is 0 Å². The highest BCUT2D eigenvalue weighted by Crippen LogP contribution is 2.20. The molecule has 0 fully saturated rings. The van der Waals surface area contributed by atoms with Crippen LogP contribution in [0.25, 0.3) is 0 Å². The Bertz CT molecular complexity index is 297. The fraction of sp³-hybridized carbons (Fsp3) is 0.333. The SMILES string of the molecule is CC1=CC(C#N)CC(C#N)=C1. The highest BCUT2D eigenvalue weighted by atomic mass is 14.3. The van der Waals surface area contributed by atoms with Crippen LogP contribution in [-0.2, 0) is 0 Å². The van der Waals surface area contributed by atoms with Gasteiger partial charge in [-0.05, 0) is 13.0 Å². The van der Waals surface area contributed by atoms with Gasteiger partial charge in [0.05, 0.1) is 18.1 Å². The fourth-order valence-electron chi connectivity index (χ4n) is 1.16. The summed E-state index contributed by atoms with van der Waals surface area (Å²) in [5.74, 6) is -0.102. The van der Waals surface area contributed by atoms with Gasteiger partial charge in [0, 0.05) is 12.0 Å². The van der Waals surface area contributed by atoms with Crippen LogP contribution in [0.15, 0.2) is 23.3 Å². The summed E-state index contributed by atoms with van der Waals surface area (Å²) in [4.78, 5) is 0. The Morgan fingerprint density at radius 3 is 2.82 bits per heavy atom. The summed E-state index contributed by atoms with van der Waals surface area (Å²) >= 11 is 0. The van der Waals surface area contributed by atoms with E-state index in [9.17, 15) is 0 Å². The van der Waals surface area contributed by atoms with E-state index in [1.54, 1.807) is 0 Å². The first-order valence-corrected chi connectivity index (χ1v) is 3.45. The summed E-state index contributed by atoms with van der Waals surface area (Å²) in [5, 5.41) is 17.2. The van der Waals surface area contributed by atoms with E-state index in [2.05, 4.69) is 12.1 Å². The summed E-state index contributed by atoms with van der Waals surface area (Å²) < 4.78 is 0. The molecule has 0 heterocycles. The van der Waals surface area contributed by atoms with E-state index in [-0.39, 0.29) is 5.92 Å². The minimum absolute atomic E-state index is 0.102. The molecule has 0 N–H and O–H groups in total. The molecule has 0 spiro atoms. The Labute approximate surface area is 66.1 Å². The molecule has 0 aromatic rings. The molecule has 11 heavy (non-hydrogen) atoms. The van der Waals surface area contributed by atoms with E-state index >= 15 is 0 Å². The highest BCUT2D eigenvalue weighted by Gasteiger charge is 2.11. The second-order valence-electron chi connectivity index (χ2n) is 2.63. The zero-order chi connectivity index (χ0) is 8.27. The molecule has 1 aliphatic rings. The van der Waals surface area contributed by atoms with E-state index < -0.39 is 0 Å². The summed E-state index contributed by atoms with van der Waals surface area (Å²) in [6.45, 7) is 1.90. The van der Waals surface area contributed by atoms with Crippen LogP contribution in [0.5, 0.6) is 0 Å². The first kappa shape index (κ1) is 7.57. The topological polar surface area (TPSA) is 47.6 Å². The lowest BCUT2D eigenvalue weighted by molar-refractivity contribution is 0.804. The van der Waals surface area contributed by atoms with Crippen molar-refractivity contribution in [1.82, 2.24) is 0 Å². The Morgan fingerprint density at radius 1 is 1.55 bits per heavy atom. The zero-order valence-corrected chi connectivity index (χ0v) is 6.33. The maximum atomic E-state index is 8.59. The summed E-state index contributed by atoms with van der Waals surface area (Å²) in [7, 11) is 0. The lowest BCUT2D eigenvalue weighted by atomic mass is 9.93. The predicted molar refractivity (Wildman–Crippen MR) is 41.2 cm³/mol. The van der Waals surface area contributed by atoms with Crippen LogP contribution in [0, 0.1) is 28.6 Å². The molecule has 0 saturated carbocycles. The van der Waals surface area contributed by atoms with Crippen molar-refractivity contribution < 1.29 is 0 Å². The van der Waals surface area contributed by atoms with Crippen molar-refractivity contribution in [2.45, 2.75) is 13.3 Å². The maximum Gasteiger partial charge on any atom is 0.0947 e. The Morgan fingerprint density at radius 2 is 2.27 bits per heavy atom. The van der Waals surface area contributed by atoms with E-state index in [1.165, 1.54) is 0 Å². The Hall–Kier alpha value is -1.54. The zero-order valence-electron chi connectivity index (χ0n) is 6.33. The Balaban J connectivity index is 2.87. The average molecular weight is 144 g/mol. The minimum Gasteiger partial charge on any atom is -0.198 e. The lowest BCUT2D eigenvalue weighted by Crippen LogP contribution is -2.00. The number of hydrogen-bond donors (Lipinski definition) is 0. The monoisotopic (exact) mass is 144 g/mol. The minimum atomic E-state index is -0.102. The third-order valence-electron chi connectivity index (χ3n) is 1.62. The van der Waals surface area contributed by atoms with Crippen LogP contribution in [0.1, 0.15) is 13.3 Å². The first-order chi connectivity index (χ1) is 5.26. The van der Waals surface area contributed by atoms with E-state index in [4.69, 9.17) is 10.5 Å². The van der Waals surface area contributed by atoms with Gasteiger partial charge >= 0.3 is 0 Å². The molecular weight excluding hydrogens is 136 g/mol. The molecule has 54 valence electrons. The van der Waals surface area contributed by atoms with E-state index in [0.29, 0.717) is 12.0 Å². The third-order valence-corrected chi connectivity index (χ3v) is 1.62. The second kappa shape index (κ2) is 3.03. The van der Waals surface area contributed by atoms with Crippen molar-refractivity contribution in [2.24, 2.45) is 5.92 Å². The molecule has 1 atom stereocenters. The quantitative estimate of drug-likeness (QED) is 0.521. The molecule has 0 aromatic carbocycles. The molecule has 0 aromatic heterocycles. The van der Waals surface area contributed by atoms with Crippen LogP contribution in [0.4, 0.5) is 0 Å². The molecule has 0 aliphatic heterocycles. The molecule has 1 aliphatic carbocycles. The van der Waals surface area contributed by atoms with Crippen LogP contribution >= 0.6 is 0 Å². The molecule has 1 unspecified atom stereocenters. The van der Waals surface area contributed by atoms with Crippen molar-refractivity contribution >= 4 is 0 Å². The Kier molecular flexibility index (Phi) is 2.09. The van der Waals surface area contributed by atoms with Crippen molar-refractivity contribution in [3.63, 3.8) is 0 Å². The average Bonchev–Trinajstić information content (AvgIpc) is 2.03. The summed E-state index contributed by atoms with van der Waals surface area (Å²) in [6, 6.07) is 4.20. The van der Waals surface area contributed by atoms with Gasteiger partial charge in [-0.15, -0.1) is 0 Å². The van der Waals surface area contributed by atoms with Gasteiger partial charge in [-0.25, -0.2) is 0 Å². The van der Waals surface area contributed by atoms with Crippen molar-refractivity contribution in [3.05, 3.63) is 23.3 Å². The molecule has 0 saturated heterocycles. The van der Waals surface area contributed by atoms with Gasteiger partial charge in [0.15, 0.2) is 0 Å². The first-order valence-electron chi connectivity index (χ1n) is 3.45. The van der Waals surface area contributed by atoms with Crippen molar-refractivity contribution in [1.29, 1.82) is 10.5 Å². The third kappa shape index (κ3) is 1.69. The smallest absolute Gasteiger partial charge is 0.0947 e. The summed E-state index contributed by atoms with van der Waals surface area (Å²) in [5.41, 5.74) is 1.72. The number of allylic oxidation sites excluding steroid dienone is 4. The molecule has 0 radical (unpaired) electrons. The van der Waals surface area contributed by atoms with E-state index in [1.807, 2.05) is 19.1 Å². The van der Waals surface area contributed by atoms with Gasteiger partial charge in [0.2, 0.25) is 0 Å². The molecule has 2 heteroatoms. The van der Waals surface area contributed by atoms with Gasteiger partial charge in [-0.1, -0.05) is 11.6 Å². The number of rotatable bonds is 0. The normalized spacial score (nSPS) is 22.6. The number of hydrogen-bond acceptors (Lipinski definition) is 2. The molecule has 2 nitrogen and oxygen atoms in total. The van der Waals surface area contributed by atoms with Crippen LogP contribution in [0.2, 0.25) is 0 Å². The van der Waals surface area contributed by atoms with Gasteiger partial charge in [0.1, 0.15) is 0 Å². The maximum absolute atomic E-state index is 8.59. The van der Waals surface area contributed by atoms with Crippen LogP contribution < -0.4 is 0 Å². The lowest BCUT2D eigenvalue weighted by Gasteiger charge is -2.09. The fourth-order valence-corrected chi connectivity index (χ4v) is 1.16. The van der Waals surface area contributed by atoms with Crippen LogP contribution in [0.3, 0.4) is 0 Å². The van der Waals surface area contributed by atoms with Gasteiger partial charge in [-0.2, -0.15) is 10.5 Å². The largest absolute Gasteiger partial charge is 0.198 e. The molecule has 0 amide bonds. The van der Waals surface area contributed by atoms with Crippen molar-refractivity contribution in [3.8, 4) is 12.1 Å². The standard InChI is InChI=1S/C9H8N2/c1-7-2-8(5-10)4-9(3-7)6-11/h2-3,8H,4H2,1H3.